The van der Waals surface area contributed by atoms with Crippen molar-refractivity contribution < 1.29 is 4.79 Å². The largest absolute Gasteiger partial charge is 0.356 e. The summed E-state index contributed by atoms with van der Waals surface area (Å²) in [7, 11) is 1.69. The summed E-state index contributed by atoms with van der Waals surface area (Å²) in [6.45, 7) is 6.28. The van der Waals surface area contributed by atoms with Crippen molar-refractivity contribution in [2.45, 2.75) is 38.8 Å². The van der Waals surface area contributed by atoms with Gasteiger partial charge in [0, 0.05) is 35.3 Å². The molecule has 0 radical (unpaired) electrons. The number of aromatic nitrogens is 3. The normalized spacial score (nSPS) is 15.5. The van der Waals surface area contributed by atoms with Gasteiger partial charge in [-0.25, -0.2) is 4.98 Å². The van der Waals surface area contributed by atoms with Crippen LogP contribution in [0.3, 0.4) is 0 Å². The summed E-state index contributed by atoms with van der Waals surface area (Å²) in [6, 6.07) is 6.96. The highest BCUT2D eigenvalue weighted by Gasteiger charge is 2.31. The van der Waals surface area contributed by atoms with Crippen LogP contribution in [-0.4, -0.2) is 32.5 Å². The van der Waals surface area contributed by atoms with E-state index in [1.54, 1.807) is 19.2 Å². The number of rotatable bonds is 5. The molecule has 10 heteroatoms. The highest BCUT2D eigenvalue weighted by Crippen LogP contribution is 2.34. The van der Waals surface area contributed by atoms with Crippen LogP contribution in [0.25, 0.3) is 32.6 Å². The average Bonchev–Trinajstić information content (AvgIpc) is 3.26. The topological polar surface area (TPSA) is 141 Å². The number of nitrogens with one attached hydrogen (secondary N) is 3. The first-order valence-corrected chi connectivity index (χ1v) is 10.0. The minimum atomic E-state index is -0.273. The van der Waals surface area contributed by atoms with E-state index < -0.39 is 0 Å². The number of carbonyl (C=O) groups is 1. The number of H-pyrrole nitrogens is 1. The molecule has 31 heavy (non-hydrogen) atoms. The molecule has 3 aromatic rings. The van der Waals surface area contributed by atoms with Gasteiger partial charge in [-0.15, -0.1) is 0 Å². The lowest BCUT2D eigenvalue weighted by atomic mass is 10.1. The molecule has 1 unspecified atom stereocenters. The van der Waals surface area contributed by atoms with E-state index in [1.807, 2.05) is 32.9 Å². The third kappa shape index (κ3) is 3.73. The SMILES string of the molecule is Cn1c(NC(C)(C)C)nc2c(-c3cc4c([nH]3)C(CCN=[N+]=[N-])NC4=O)cccc2c1=O. The first-order valence-electron chi connectivity index (χ1n) is 10.0. The number of hydrogen-bond donors (Lipinski definition) is 3. The molecule has 2 aromatic heterocycles. The van der Waals surface area contributed by atoms with E-state index in [9.17, 15) is 9.59 Å². The van der Waals surface area contributed by atoms with Gasteiger partial charge in [-0.2, -0.15) is 0 Å². The Morgan fingerprint density at radius 2 is 2.06 bits per heavy atom. The molecule has 3 heterocycles. The van der Waals surface area contributed by atoms with Gasteiger partial charge in [0.2, 0.25) is 5.95 Å². The smallest absolute Gasteiger partial charge is 0.262 e. The number of carbonyl (C=O) groups excluding carboxylic acids is 1. The molecule has 0 saturated heterocycles. The van der Waals surface area contributed by atoms with Gasteiger partial charge in [0.25, 0.3) is 11.5 Å². The first-order chi connectivity index (χ1) is 14.7. The maximum Gasteiger partial charge on any atom is 0.262 e. The van der Waals surface area contributed by atoms with Gasteiger partial charge in [-0.05, 0) is 44.9 Å². The summed E-state index contributed by atoms with van der Waals surface area (Å²) in [4.78, 5) is 36.2. The number of para-hydroxylation sites is 1. The molecular weight excluding hydrogens is 396 g/mol. The van der Waals surface area contributed by atoms with Gasteiger partial charge < -0.3 is 15.6 Å². The van der Waals surface area contributed by atoms with E-state index in [2.05, 4.69) is 25.6 Å². The summed E-state index contributed by atoms with van der Waals surface area (Å²) in [6.07, 6.45) is 0.497. The molecule has 1 atom stereocenters. The van der Waals surface area contributed by atoms with Crippen molar-refractivity contribution in [2.24, 2.45) is 12.2 Å². The second-order valence-electron chi connectivity index (χ2n) is 8.66. The molecular formula is C21H24N8O2. The lowest BCUT2D eigenvalue weighted by molar-refractivity contribution is 0.0955. The van der Waals surface area contributed by atoms with Crippen LogP contribution < -0.4 is 16.2 Å². The van der Waals surface area contributed by atoms with Gasteiger partial charge in [-0.3, -0.25) is 14.2 Å². The fraction of sp³-hybridized carbons (Fsp3) is 0.381. The van der Waals surface area contributed by atoms with Crippen molar-refractivity contribution in [3.05, 3.63) is 56.3 Å². The van der Waals surface area contributed by atoms with Gasteiger partial charge in [0.05, 0.1) is 28.2 Å². The number of amides is 1. The quantitative estimate of drug-likeness (QED) is 0.329. The van der Waals surface area contributed by atoms with Crippen LogP contribution >= 0.6 is 0 Å². The van der Waals surface area contributed by atoms with Gasteiger partial charge >= 0.3 is 0 Å². The Balaban J connectivity index is 1.83. The van der Waals surface area contributed by atoms with Gasteiger partial charge in [-0.1, -0.05) is 17.2 Å². The number of benzene rings is 1. The number of aromatic amines is 1. The standard InChI is InChI=1S/C21H24N8O2/c1-21(2,3)27-20-26-16-11(6-5-7-12(16)19(31)29(20)4)15-10-13-17(24-15)14(25-18(13)30)8-9-23-28-22/h5-7,10,14,24H,8-9H2,1-4H3,(H,25,30)(H,26,27). The third-order valence-electron chi connectivity index (χ3n) is 5.21. The highest BCUT2D eigenvalue weighted by molar-refractivity contribution is 6.01. The van der Waals surface area contributed by atoms with E-state index in [0.29, 0.717) is 34.5 Å². The minimum Gasteiger partial charge on any atom is -0.356 e. The van der Waals surface area contributed by atoms with E-state index in [0.717, 1.165) is 11.3 Å². The molecule has 1 aliphatic rings. The zero-order valence-corrected chi connectivity index (χ0v) is 17.9. The molecule has 0 saturated carbocycles. The van der Waals surface area contributed by atoms with Gasteiger partial charge in [0.1, 0.15) is 0 Å². The van der Waals surface area contributed by atoms with Gasteiger partial charge in [0.15, 0.2) is 0 Å². The van der Waals surface area contributed by atoms with E-state index in [1.165, 1.54) is 4.57 Å². The van der Waals surface area contributed by atoms with Crippen LogP contribution in [0, 0.1) is 0 Å². The van der Waals surface area contributed by atoms with Crippen LogP contribution in [0.2, 0.25) is 0 Å². The molecule has 0 aliphatic carbocycles. The molecule has 1 amide bonds. The van der Waals surface area contributed by atoms with Crippen molar-refractivity contribution >= 4 is 22.8 Å². The zero-order chi connectivity index (χ0) is 22.3. The molecule has 160 valence electrons. The molecule has 10 nitrogen and oxygen atoms in total. The predicted octanol–water partition coefficient (Wildman–Crippen LogP) is 3.62. The van der Waals surface area contributed by atoms with Crippen LogP contribution in [-0.2, 0) is 7.05 Å². The molecule has 0 fully saturated rings. The third-order valence-corrected chi connectivity index (χ3v) is 5.21. The highest BCUT2D eigenvalue weighted by atomic mass is 16.2. The Morgan fingerprint density at radius 3 is 2.77 bits per heavy atom. The lowest BCUT2D eigenvalue weighted by Crippen LogP contribution is -2.32. The summed E-state index contributed by atoms with van der Waals surface area (Å²) < 4.78 is 1.51. The number of hydrogen-bond acceptors (Lipinski definition) is 5. The molecule has 1 aromatic carbocycles. The lowest BCUT2D eigenvalue weighted by Gasteiger charge is -2.23. The Bertz CT molecular complexity index is 1290. The summed E-state index contributed by atoms with van der Waals surface area (Å²) in [5, 5.41) is 10.2. The Morgan fingerprint density at radius 1 is 1.29 bits per heavy atom. The maximum atomic E-state index is 13.0. The van der Waals surface area contributed by atoms with Crippen molar-refractivity contribution in [1.82, 2.24) is 19.9 Å². The van der Waals surface area contributed by atoms with Crippen molar-refractivity contribution in [3.63, 3.8) is 0 Å². The monoisotopic (exact) mass is 420 g/mol. The summed E-state index contributed by atoms with van der Waals surface area (Å²) in [5.41, 5.74) is 11.4. The number of fused-ring (bicyclic) bond motifs is 2. The Hall–Kier alpha value is -3.78. The number of anilines is 1. The molecule has 0 bridgehead atoms. The summed E-state index contributed by atoms with van der Waals surface area (Å²) >= 11 is 0. The van der Waals surface area contributed by atoms with E-state index in [-0.39, 0.29) is 29.6 Å². The minimum absolute atomic E-state index is 0.150. The van der Waals surface area contributed by atoms with E-state index >= 15 is 0 Å². The number of azide groups is 1. The summed E-state index contributed by atoms with van der Waals surface area (Å²) in [5.74, 6) is 0.296. The fourth-order valence-electron chi connectivity index (χ4n) is 3.79. The van der Waals surface area contributed by atoms with Crippen molar-refractivity contribution in [1.29, 1.82) is 0 Å². The Kier molecular flexibility index (Phi) is 4.94. The molecule has 0 spiro atoms. The molecule has 1 aliphatic heterocycles. The molecule has 3 N–H and O–H groups in total. The average molecular weight is 420 g/mol. The number of nitrogens with zero attached hydrogens (tertiary/aromatic N) is 5. The maximum absolute atomic E-state index is 13.0. The predicted molar refractivity (Wildman–Crippen MR) is 119 cm³/mol. The molecule has 4 rings (SSSR count). The first kappa shape index (κ1) is 20.5. The second kappa shape index (κ2) is 7.48. The van der Waals surface area contributed by atoms with Crippen molar-refractivity contribution in [2.75, 3.05) is 11.9 Å². The second-order valence-corrected chi connectivity index (χ2v) is 8.66. The van der Waals surface area contributed by atoms with Crippen LogP contribution in [0.5, 0.6) is 0 Å². The van der Waals surface area contributed by atoms with Crippen molar-refractivity contribution in [3.8, 4) is 11.3 Å². The fourth-order valence-corrected chi connectivity index (χ4v) is 3.79. The van der Waals surface area contributed by atoms with Crippen LogP contribution in [0.15, 0.2) is 34.2 Å². The van der Waals surface area contributed by atoms with Crippen LogP contribution in [0.1, 0.15) is 49.3 Å². The van der Waals surface area contributed by atoms with E-state index in [4.69, 9.17) is 10.5 Å². The Labute approximate surface area is 178 Å². The van der Waals surface area contributed by atoms with Crippen LogP contribution in [0.4, 0.5) is 5.95 Å². The zero-order valence-electron chi connectivity index (χ0n) is 17.9.